The molecule has 1 aliphatic heterocycles. The Morgan fingerprint density at radius 1 is 1.26 bits per heavy atom. The lowest BCUT2D eigenvalue weighted by Gasteiger charge is -2.20. The van der Waals surface area contributed by atoms with E-state index in [0.717, 1.165) is 23.2 Å². The second-order valence-corrected chi connectivity index (χ2v) is 5.05. The first-order chi connectivity index (χ1) is 9.29. The molecule has 1 aliphatic rings. The Bertz CT molecular complexity index is 639. The molecule has 1 aromatic carbocycles. The van der Waals surface area contributed by atoms with Crippen LogP contribution in [0, 0.1) is 0 Å². The Labute approximate surface area is 116 Å². The molecule has 2 heterocycles. The van der Waals surface area contributed by atoms with E-state index in [-0.39, 0.29) is 0 Å². The first-order valence-corrected chi connectivity index (χ1v) is 7.24. The van der Waals surface area contributed by atoms with E-state index >= 15 is 0 Å². The molecule has 3 rings (SSSR count). The maximum Gasteiger partial charge on any atom is 0.189 e. The normalized spacial score (nSPS) is 12.5. The van der Waals surface area contributed by atoms with Gasteiger partial charge in [-0.05, 0) is 24.0 Å². The summed E-state index contributed by atoms with van der Waals surface area (Å²) in [6.07, 6.45) is 5.71. The highest BCUT2D eigenvalue weighted by Crippen LogP contribution is 2.29. The van der Waals surface area contributed by atoms with Gasteiger partial charge in [-0.25, -0.2) is 9.97 Å². The van der Waals surface area contributed by atoms with Crippen LogP contribution in [0.25, 0.3) is 0 Å². The molecule has 1 aromatic heterocycles. The minimum Gasteiger partial charge on any atom is -0.329 e. The first-order valence-electron chi connectivity index (χ1n) is 6.02. The highest BCUT2D eigenvalue weighted by Gasteiger charge is 2.15. The summed E-state index contributed by atoms with van der Waals surface area (Å²) in [6, 6.07) is 8.20. The molecule has 0 N–H and O–H groups in total. The van der Waals surface area contributed by atoms with Crippen LogP contribution >= 0.6 is 11.8 Å². The van der Waals surface area contributed by atoms with E-state index in [0.29, 0.717) is 0 Å². The van der Waals surface area contributed by atoms with E-state index in [4.69, 9.17) is 0 Å². The molecular weight excluding hydrogens is 256 g/mol. The van der Waals surface area contributed by atoms with E-state index < -0.39 is 0 Å². The Hall–Kier alpha value is -1.88. The van der Waals surface area contributed by atoms with Crippen molar-refractivity contribution in [3.63, 3.8) is 0 Å². The maximum atomic E-state index is 4.53. The van der Waals surface area contributed by atoms with Crippen LogP contribution in [0.1, 0.15) is 11.1 Å². The molecule has 0 saturated carbocycles. The molecule has 0 spiro atoms. The number of hydrogen-bond donors (Lipinski definition) is 0. The van der Waals surface area contributed by atoms with Crippen LogP contribution < -0.4 is 4.90 Å². The molecule has 0 bridgehead atoms. The number of anilines is 2. The molecule has 0 saturated heterocycles. The van der Waals surface area contributed by atoms with Crippen LogP contribution in [0.5, 0.6) is 0 Å². The molecular formula is C14H14N4S. The molecule has 5 heteroatoms. The molecule has 0 radical (unpaired) electrons. The smallest absolute Gasteiger partial charge is 0.189 e. The Balaban J connectivity index is 2.02. The molecule has 19 heavy (non-hydrogen) atoms. The second-order valence-electron chi connectivity index (χ2n) is 4.28. The average molecular weight is 270 g/mol. The Kier molecular flexibility index (Phi) is 3.21. The highest BCUT2D eigenvalue weighted by molar-refractivity contribution is 7.98. The van der Waals surface area contributed by atoms with Crippen molar-refractivity contribution >= 4 is 29.5 Å². The zero-order chi connectivity index (χ0) is 13.2. The largest absolute Gasteiger partial charge is 0.329 e. The third-order valence-electron chi connectivity index (χ3n) is 3.16. The lowest BCUT2D eigenvalue weighted by Crippen LogP contribution is -2.14. The summed E-state index contributed by atoms with van der Waals surface area (Å²) in [5.74, 6) is 0.896. The molecule has 96 valence electrons. The van der Waals surface area contributed by atoms with Crippen molar-refractivity contribution in [3.8, 4) is 0 Å². The van der Waals surface area contributed by atoms with Crippen LogP contribution in [-0.2, 0) is 6.54 Å². The number of aromatic nitrogens is 2. The molecule has 0 aliphatic carbocycles. The van der Waals surface area contributed by atoms with Crippen molar-refractivity contribution in [1.29, 1.82) is 0 Å². The zero-order valence-corrected chi connectivity index (χ0v) is 11.7. The van der Waals surface area contributed by atoms with Crippen molar-refractivity contribution in [3.05, 3.63) is 41.6 Å². The molecule has 0 unspecified atom stereocenters. The summed E-state index contributed by atoms with van der Waals surface area (Å²) in [5, 5.41) is 0.783. The second kappa shape index (κ2) is 5.01. The first kappa shape index (κ1) is 12.2. The van der Waals surface area contributed by atoms with Gasteiger partial charge in [-0.15, -0.1) is 0 Å². The molecule has 4 nitrogen and oxygen atoms in total. The highest BCUT2D eigenvalue weighted by atomic mass is 32.2. The fraction of sp³-hybridized carbons (Fsp3) is 0.214. The van der Waals surface area contributed by atoms with Crippen molar-refractivity contribution in [2.45, 2.75) is 11.7 Å². The van der Waals surface area contributed by atoms with E-state index in [1.165, 1.54) is 11.1 Å². The van der Waals surface area contributed by atoms with Gasteiger partial charge in [-0.3, -0.25) is 4.99 Å². The minimum atomic E-state index is 0.775. The van der Waals surface area contributed by atoms with Gasteiger partial charge in [0.2, 0.25) is 0 Å². The number of nitrogens with zero attached hydrogens (tertiary/aromatic N) is 4. The molecule has 0 fully saturated rings. The summed E-state index contributed by atoms with van der Waals surface area (Å²) in [6.45, 7) is 0.775. The van der Waals surface area contributed by atoms with Crippen LogP contribution in [-0.4, -0.2) is 29.5 Å². The number of thioether (sulfide) groups is 1. The number of fused-ring (bicyclic) bond motifs is 1. The monoisotopic (exact) mass is 270 g/mol. The van der Waals surface area contributed by atoms with E-state index in [9.17, 15) is 0 Å². The molecule has 0 amide bonds. The van der Waals surface area contributed by atoms with Crippen molar-refractivity contribution in [1.82, 2.24) is 9.97 Å². The van der Waals surface area contributed by atoms with Gasteiger partial charge in [0.05, 0.1) is 12.2 Å². The third-order valence-corrected chi connectivity index (χ3v) is 3.72. The van der Waals surface area contributed by atoms with Crippen LogP contribution in [0.2, 0.25) is 0 Å². The van der Waals surface area contributed by atoms with Gasteiger partial charge in [0, 0.05) is 25.0 Å². The summed E-state index contributed by atoms with van der Waals surface area (Å²) in [5.41, 5.74) is 3.59. The Morgan fingerprint density at radius 3 is 3.00 bits per heavy atom. The van der Waals surface area contributed by atoms with E-state index in [1.807, 2.05) is 25.6 Å². The number of rotatable bonds is 3. The fourth-order valence-electron chi connectivity index (χ4n) is 2.15. The summed E-state index contributed by atoms with van der Waals surface area (Å²) < 4.78 is 0. The van der Waals surface area contributed by atoms with Gasteiger partial charge in [0.15, 0.2) is 5.16 Å². The van der Waals surface area contributed by atoms with Gasteiger partial charge in [0.1, 0.15) is 5.82 Å². The van der Waals surface area contributed by atoms with Gasteiger partial charge in [-0.2, -0.15) is 0 Å². The van der Waals surface area contributed by atoms with Crippen LogP contribution in [0.15, 0.2) is 40.6 Å². The SMILES string of the molecule is CSc1nccc(N(C)c2cccc3c2C=NC3)n1. The number of hydrogen-bond acceptors (Lipinski definition) is 5. The summed E-state index contributed by atoms with van der Waals surface area (Å²) in [4.78, 5) is 15.1. The third kappa shape index (κ3) is 2.21. The van der Waals surface area contributed by atoms with Crippen LogP contribution in [0.4, 0.5) is 11.5 Å². The maximum absolute atomic E-state index is 4.53. The average Bonchev–Trinajstić information content (AvgIpc) is 2.95. The Morgan fingerprint density at radius 2 is 2.16 bits per heavy atom. The lowest BCUT2D eigenvalue weighted by molar-refractivity contribution is 0.945. The lowest BCUT2D eigenvalue weighted by atomic mass is 10.1. The summed E-state index contributed by atoms with van der Waals surface area (Å²) >= 11 is 1.55. The molecule has 0 atom stereocenters. The predicted molar refractivity (Wildman–Crippen MR) is 79.6 cm³/mol. The van der Waals surface area contributed by atoms with Crippen LogP contribution in [0.3, 0.4) is 0 Å². The van der Waals surface area contributed by atoms with Gasteiger partial charge in [-0.1, -0.05) is 23.9 Å². The predicted octanol–water partition coefficient (Wildman–Crippen LogP) is 2.90. The topological polar surface area (TPSA) is 41.4 Å². The minimum absolute atomic E-state index is 0.775. The standard InChI is InChI=1S/C14H14N4S/c1-18(13-6-7-16-14(17-13)19-2)12-5-3-4-10-8-15-9-11(10)12/h3-7,9H,8H2,1-2H3. The van der Waals surface area contributed by atoms with Crippen molar-refractivity contribution in [2.24, 2.45) is 4.99 Å². The van der Waals surface area contributed by atoms with E-state index in [2.05, 4.69) is 38.1 Å². The van der Waals surface area contributed by atoms with Gasteiger partial charge < -0.3 is 4.90 Å². The van der Waals surface area contributed by atoms with Crippen molar-refractivity contribution in [2.75, 3.05) is 18.2 Å². The summed E-state index contributed by atoms with van der Waals surface area (Å²) in [7, 11) is 2.02. The number of benzene rings is 1. The number of aliphatic imine (C=N–C) groups is 1. The van der Waals surface area contributed by atoms with Gasteiger partial charge in [0.25, 0.3) is 0 Å². The van der Waals surface area contributed by atoms with E-state index in [1.54, 1.807) is 18.0 Å². The zero-order valence-electron chi connectivity index (χ0n) is 10.9. The van der Waals surface area contributed by atoms with Crippen molar-refractivity contribution < 1.29 is 0 Å². The van der Waals surface area contributed by atoms with Gasteiger partial charge >= 0.3 is 0 Å². The fourth-order valence-corrected chi connectivity index (χ4v) is 2.51. The quantitative estimate of drug-likeness (QED) is 0.635. The molecule has 2 aromatic rings.